The lowest BCUT2D eigenvalue weighted by Gasteiger charge is -2.37. The number of aryl methyl sites for hydroxylation is 2. The first-order valence-electron chi connectivity index (χ1n) is 9.01. The molecule has 0 bridgehead atoms. The zero-order valence-corrected chi connectivity index (χ0v) is 14.5. The number of hydrogen-bond donors (Lipinski definition) is 0. The summed E-state index contributed by atoms with van der Waals surface area (Å²) in [6, 6.07) is 5.82. The predicted molar refractivity (Wildman–Crippen MR) is 94.4 cm³/mol. The molecule has 2 atom stereocenters. The van der Waals surface area contributed by atoms with Crippen LogP contribution in [0.5, 0.6) is 0 Å². The van der Waals surface area contributed by atoms with Crippen molar-refractivity contribution in [3.05, 3.63) is 40.4 Å². The SMILES string of the molecule is Cc1cccc2c(=O)n(CCC(=O)N3CCOC4CCCC43)cnc12. The number of morpholine rings is 1. The number of hydrogen-bond acceptors (Lipinski definition) is 4. The Morgan fingerprint density at radius 1 is 1.36 bits per heavy atom. The van der Waals surface area contributed by atoms with Crippen molar-refractivity contribution in [2.75, 3.05) is 13.2 Å². The maximum atomic E-state index is 12.7. The van der Waals surface area contributed by atoms with E-state index in [-0.39, 0.29) is 23.6 Å². The van der Waals surface area contributed by atoms with Gasteiger partial charge in [0.15, 0.2) is 0 Å². The van der Waals surface area contributed by atoms with Crippen molar-refractivity contribution in [3.63, 3.8) is 0 Å². The Labute approximate surface area is 146 Å². The largest absolute Gasteiger partial charge is 0.374 e. The number of para-hydroxylation sites is 1. The molecule has 2 fully saturated rings. The monoisotopic (exact) mass is 341 g/mol. The van der Waals surface area contributed by atoms with Gasteiger partial charge in [-0.25, -0.2) is 4.98 Å². The summed E-state index contributed by atoms with van der Waals surface area (Å²) in [6.07, 6.45) is 5.26. The number of carbonyl (C=O) groups is 1. The Balaban J connectivity index is 1.49. The molecular weight excluding hydrogens is 318 g/mol. The van der Waals surface area contributed by atoms with Crippen LogP contribution in [0.3, 0.4) is 0 Å². The third kappa shape index (κ3) is 2.95. The average molecular weight is 341 g/mol. The Morgan fingerprint density at radius 3 is 3.12 bits per heavy atom. The van der Waals surface area contributed by atoms with E-state index in [1.54, 1.807) is 17.0 Å². The minimum absolute atomic E-state index is 0.0813. The Bertz CT molecular complexity index is 861. The van der Waals surface area contributed by atoms with Gasteiger partial charge in [0, 0.05) is 19.5 Å². The number of fused-ring (bicyclic) bond motifs is 2. The van der Waals surface area contributed by atoms with Crippen LogP contribution < -0.4 is 5.56 Å². The number of carbonyl (C=O) groups excluding carboxylic acids is 1. The number of rotatable bonds is 3. The smallest absolute Gasteiger partial charge is 0.261 e. The maximum absolute atomic E-state index is 12.7. The van der Waals surface area contributed by atoms with E-state index in [1.807, 2.05) is 24.0 Å². The van der Waals surface area contributed by atoms with Crippen LogP contribution in [-0.2, 0) is 16.1 Å². The quantitative estimate of drug-likeness (QED) is 0.855. The van der Waals surface area contributed by atoms with Gasteiger partial charge < -0.3 is 9.64 Å². The molecule has 4 rings (SSSR count). The van der Waals surface area contributed by atoms with E-state index in [4.69, 9.17) is 4.74 Å². The fraction of sp³-hybridized carbons (Fsp3) is 0.526. The van der Waals surface area contributed by atoms with Crippen molar-refractivity contribution in [3.8, 4) is 0 Å². The number of ether oxygens (including phenoxy) is 1. The normalized spacial score (nSPS) is 23.0. The highest BCUT2D eigenvalue weighted by atomic mass is 16.5. The lowest BCUT2D eigenvalue weighted by Crippen LogP contribution is -2.51. The summed E-state index contributed by atoms with van der Waals surface area (Å²) < 4.78 is 7.31. The molecule has 1 aliphatic heterocycles. The van der Waals surface area contributed by atoms with Crippen LogP contribution in [0.4, 0.5) is 0 Å². The summed E-state index contributed by atoms with van der Waals surface area (Å²) in [5, 5.41) is 0.608. The molecule has 2 unspecified atom stereocenters. The molecule has 1 aromatic carbocycles. The van der Waals surface area contributed by atoms with Crippen LogP contribution in [-0.4, -0.2) is 45.7 Å². The van der Waals surface area contributed by atoms with E-state index < -0.39 is 0 Å². The molecule has 2 heterocycles. The van der Waals surface area contributed by atoms with Gasteiger partial charge in [-0.05, 0) is 37.8 Å². The first-order chi connectivity index (χ1) is 12.1. The zero-order valence-electron chi connectivity index (χ0n) is 14.5. The maximum Gasteiger partial charge on any atom is 0.261 e. The second-order valence-electron chi connectivity index (χ2n) is 6.96. The van der Waals surface area contributed by atoms with Crippen molar-refractivity contribution in [1.29, 1.82) is 0 Å². The molecule has 1 saturated carbocycles. The highest BCUT2D eigenvalue weighted by molar-refractivity contribution is 5.80. The lowest BCUT2D eigenvalue weighted by atomic mass is 10.1. The van der Waals surface area contributed by atoms with Crippen LogP contribution in [0.2, 0.25) is 0 Å². The topological polar surface area (TPSA) is 64.4 Å². The van der Waals surface area contributed by atoms with Gasteiger partial charge in [0.2, 0.25) is 5.91 Å². The molecule has 25 heavy (non-hydrogen) atoms. The summed E-state index contributed by atoms with van der Waals surface area (Å²) in [6.45, 7) is 3.58. The predicted octanol–water partition coefficient (Wildman–Crippen LogP) is 1.87. The highest BCUT2D eigenvalue weighted by Gasteiger charge is 2.38. The number of amides is 1. The first kappa shape index (κ1) is 16.3. The van der Waals surface area contributed by atoms with Gasteiger partial charge in [-0.1, -0.05) is 12.1 Å². The van der Waals surface area contributed by atoms with E-state index in [1.165, 1.54) is 0 Å². The van der Waals surface area contributed by atoms with E-state index >= 15 is 0 Å². The third-order valence-corrected chi connectivity index (χ3v) is 5.42. The van der Waals surface area contributed by atoms with Crippen molar-refractivity contribution in [1.82, 2.24) is 14.5 Å². The molecule has 6 nitrogen and oxygen atoms in total. The fourth-order valence-corrected chi connectivity index (χ4v) is 4.09. The number of aromatic nitrogens is 2. The van der Waals surface area contributed by atoms with Crippen LogP contribution in [0.25, 0.3) is 10.9 Å². The van der Waals surface area contributed by atoms with Gasteiger partial charge in [-0.3, -0.25) is 14.2 Å². The van der Waals surface area contributed by atoms with Crippen LogP contribution in [0.1, 0.15) is 31.2 Å². The molecule has 1 aromatic heterocycles. The van der Waals surface area contributed by atoms with Gasteiger partial charge in [-0.2, -0.15) is 0 Å². The molecule has 0 N–H and O–H groups in total. The molecule has 1 aliphatic carbocycles. The second kappa shape index (κ2) is 6.59. The fourth-order valence-electron chi connectivity index (χ4n) is 4.09. The zero-order chi connectivity index (χ0) is 17.4. The number of nitrogens with zero attached hydrogens (tertiary/aromatic N) is 3. The van der Waals surface area contributed by atoms with Gasteiger partial charge in [0.1, 0.15) is 0 Å². The summed E-state index contributed by atoms with van der Waals surface area (Å²) >= 11 is 0. The second-order valence-corrected chi connectivity index (χ2v) is 6.96. The van der Waals surface area contributed by atoms with Gasteiger partial charge >= 0.3 is 0 Å². The Hall–Kier alpha value is -2.21. The molecule has 1 amide bonds. The molecule has 2 aliphatic rings. The van der Waals surface area contributed by atoms with Crippen LogP contribution in [0.15, 0.2) is 29.3 Å². The summed E-state index contributed by atoms with van der Waals surface area (Å²) in [5.41, 5.74) is 1.64. The van der Waals surface area contributed by atoms with Crippen LogP contribution >= 0.6 is 0 Å². The van der Waals surface area contributed by atoms with Gasteiger partial charge in [-0.15, -0.1) is 0 Å². The van der Waals surface area contributed by atoms with Gasteiger partial charge in [0.25, 0.3) is 5.56 Å². The van der Waals surface area contributed by atoms with Gasteiger partial charge in [0.05, 0.1) is 36.0 Å². The minimum Gasteiger partial charge on any atom is -0.374 e. The summed E-state index contributed by atoms with van der Waals surface area (Å²) in [5.74, 6) is 0.108. The van der Waals surface area contributed by atoms with Crippen molar-refractivity contribution >= 4 is 16.8 Å². The lowest BCUT2D eigenvalue weighted by molar-refractivity contribution is -0.144. The van der Waals surface area contributed by atoms with Crippen LogP contribution in [0, 0.1) is 6.92 Å². The molecule has 132 valence electrons. The number of benzene rings is 1. The Kier molecular flexibility index (Phi) is 4.29. The van der Waals surface area contributed by atoms with E-state index in [2.05, 4.69) is 4.98 Å². The van der Waals surface area contributed by atoms with E-state index in [9.17, 15) is 9.59 Å². The van der Waals surface area contributed by atoms with E-state index in [0.717, 1.165) is 30.3 Å². The van der Waals surface area contributed by atoms with Crippen molar-refractivity contribution < 1.29 is 9.53 Å². The molecule has 2 aromatic rings. The standard InChI is InChI=1S/C19H23N3O3/c1-13-4-2-5-14-18(13)20-12-21(19(14)24)9-8-17(23)22-10-11-25-16-7-3-6-15(16)22/h2,4-5,12,15-16H,3,6-11H2,1H3. The summed E-state index contributed by atoms with van der Waals surface area (Å²) in [7, 11) is 0. The molecule has 1 saturated heterocycles. The van der Waals surface area contributed by atoms with Crippen molar-refractivity contribution in [2.24, 2.45) is 0 Å². The Morgan fingerprint density at radius 2 is 2.24 bits per heavy atom. The van der Waals surface area contributed by atoms with Crippen molar-refractivity contribution in [2.45, 2.75) is 51.3 Å². The minimum atomic E-state index is -0.0813. The third-order valence-electron chi connectivity index (χ3n) is 5.42. The average Bonchev–Trinajstić information content (AvgIpc) is 3.10. The highest BCUT2D eigenvalue weighted by Crippen LogP contribution is 2.30. The molecule has 6 heteroatoms. The first-order valence-corrected chi connectivity index (χ1v) is 9.01. The molecule has 0 spiro atoms. The summed E-state index contributed by atoms with van der Waals surface area (Å²) in [4.78, 5) is 31.7. The molecule has 0 radical (unpaired) electrons. The molecular formula is C19H23N3O3. The van der Waals surface area contributed by atoms with E-state index in [0.29, 0.717) is 31.5 Å².